The van der Waals surface area contributed by atoms with Crippen LogP contribution in [0.25, 0.3) is 0 Å². The summed E-state index contributed by atoms with van der Waals surface area (Å²) in [5.41, 5.74) is 0.312. The summed E-state index contributed by atoms with van der Waals surface area (Å²) in [5.74, 6) is 0.817. The van der Waals surface area contributed by atoms with Crippen molar-refractivity contribution in [1.82, 2.24) is 4.90 Å². The third-order valence-electron chi connectivity index (χ3n) is 4.84. The Balaban J connectivity index is 2.80. The normalized spacial score (nSPS) is 26.8. The van der Waals surface area contributed by atoms with Crippen LogP contribution in [0.15, 0.2) is 0 Å². The van der Waals surface area contributed by atoms with Crippen LogP contribution >= 0.6 is 0 Å². The van der Waals surface area contributed by atoms with Gasteiger partial charge in [0.2, 0.25) is 0 Å². The topological polar surface area (TPSA) is 45.5 Å². The van der Waals surface area contributed by atoms with Gasteiger partial charge in [-0.3, -0.25) is 4.90 Å². The monoisotopic (exact) mass is 296 g/mol. The fraction of sp³-hybridized carbons (Fsp3) is 0.941. The van der Waals surface area contributed by atoms with Gasteiger partial charge in [0.25, 0.3) is 0 Å². The molecule has 122 valence electrons. The molecule has 1 rings (SSSR count). The fourth-order valence-corrected chi connectivity index (χ4v) is 3.35. The highest BCUT2D eigenvalue weighted by molar-refractivity contribution is 4.99. The second-order valence-electron chi connectivity index (χ2n) is 7.20. The molecule has 0 aromatic rings. The Kier molecular flexibility index (Phi) is 7.65. The van der Waals surface area contributed by atoms with E-state index in [-0.39, 0.29) is 5.92 Å². The van der Waals surface area contributed by atoms with Crippen LogP contribution in [0.1, 0.15) is 40.0 Å². The third kappa shape index (κ3) is 5.58. The lowest BCUT2D eigenvalue weighted by Crippen LogP contribution is -2.48. The summed E-state index contributed by atoms with van der Waals surface area (Å²) in [6.07, 6.45) is 3.29. The first kappa shape index (κ1) is 18.4. The molecule has 4 nitrogen and oxygen atoms in total. The summed E-state index contributed by atoms with van der Waals surface area (Å²) < 4.78 is 10.5. The third-order valence-corrected chi connectivity index (χ3v) is 4.84. The summed E-state index contributed by atoms with van der Waals surface area (Å²) in [6.45, 7) is 10.1. The van der Waals surface area contributed by atoms with E-state index in [1.165, 1.54) is 6.42 Å². The van der Waals surface area contributed by atoms with E-state index in [9.17, 15) is 5.26 Å². The molecule has 0 spiro atoms. The van der Waals surface area contributed by atoms with E-state index in [1.807, 2.05) is 0 Å². The van der Waals surface area contributed by atoms with Gasteiger partial charge in [-0.05, 0) is 30.6 Å². The predicted octanol–water partition coefficient (Wildman–Crippen LogP) is 2.94. The van der Waals surface area contributed by atoms with Gasteiger partial charge in [0.1, 0.15) is 0 Å². The molecule has 0 aliphatic heterocycles. The Morgan fingerprint density at radius 2 is 1.67 bits per heavy atom. The van der Waals surface area contributed by atoms with Crippen molar-refractivity contribution in [2.24, 2.45) is 17.3 Å². The molecule has 1 aliphatic carbocycles. The molecule has 1 aliphatic rings. The SMILES string of the molecule is COCCN(CCOC)C1CC(C(C)(C)C)CCC1C#N. The minimum absolute atomic E-state index is 0.136. The van der Waals surface area contributed by atoms with Gasteiger partial charge < -0.3 is 9.47 Å². The number of ether oxygens (including phenoxy) is 2. The summed E-state index contributed by atoms with van der Waals surface area (Å²) >= 11 is 0. The maximum absolute atomic E-state index is 9.51. The first-order valence-electron chi connectivity index (χ1n) is 8.05. The van der Waals surface area contributed by atoms with E-state index in [0.717, 1.165) is 25.9 Å². The average Bonchev–Trinajstić information content (AvgIpc) is 2.46. The lowest BCUT2D eigenvalue weighted by molar-refractivity contribution is 0.0288. The van der Waals surface area contributed by atoms with E-state index < -0.39 is 0 Å². The molecule has 0 aromatic carbocycles. The Morgan fingerprint density at radius 1 is 1.10 bits per heavy atom. The first-order chi connectivity index (χ1) is 9.93. The molecular weight excluding hydrogens is 264 g/mol. The molecule has 4 heteroatoms. The van der Waals surface area contributed by atoms with Crippen LogP contribution in [-0.4, -0.2) is 51.5 Å². The summed E-state index contributed by atoms with van der Waals surface area (Å²) in [5, 5.41) is 9.51. The van der Waals surface area contributed by atoms with Gasteiger partial charge >= 0.3 is 0 Å². The second-order valence-corrected chi connectivity index (χ2v) is 7.20. The molecule has 1 fully saturated rings. The molecule has 0 N–H and O–H groups in total. The lowest BCUT2D eigenvalue weighted by atomic mass is 9.68. The summed E-state index contributed by atoms with van der Waals surface area (Å²) in [7, 11) is 3.46. The second kappa shape index (κ2) is 8.73. The number of nitriles is 1. The number of rotatable bonds is 7. The molecule has 21 heavy (non-hydrogen) atoms. The van der Waals surface area contributed by atoms with Crippen molar-refractivity contribution in [2.45, 2.75) is 46.1 Å². The van der Waals surface area contributed by atoms with E-state index in [1.54, 1.807) is 14.2 Å². The van der Waals surface area contributed by atoms with Gasteiger partial charge in [0, 0.05) is 33.4 Å². The molecule has 0 bridgehead atoms. The zero-order valence-electron chi connectivity index (χ0n) is 14.4. The molecular formula is C17H32N2O2. The summed E-state index contributed by atoms with van der Waals surface area (Å²) in [4.78, 5) is 2.40. The van der Waals surface area contributed by atoms with Crippen LogP contribution in [-0.2, 0) is 9.47 Å². The van der Waals surface area contributed by atoms with E-state index in [4.69, 9.17) is 9.47 Å². The van der Waals surface area contributed by atoms with Crippen molar-refractivity contribution in [3.05, 3.63) is 0 Å². The van der Waals surface area contributed by atoms with Crippen LogP contribution in [0.4, 0.5) is 0 Å². The quantitative estimate of drug-likeness (QED) is 0.724. The zero-order chi connectivity index (χ0) is 15.9. The van der Waals surface area contributed by atoms with Crippen LogP contribution in [0.5, 0.6) is 0 Å². The molecule has 0 radical (unpaired) electrons. The fourth-order valence-electron chi connectivity index (χ4n) is 3.35. The minimum Gasteiger partial charge on any atom is -0.383 e. The van der Waals surface area contributed by atoms with Gasteiger partial charge in [-0.15, -0.1) is 0 Å². The molecule has 0 amide bonds. The van der Waals surface area contributed by atoms with Crippen molar-refractivity contribution in [3.63, 3.8) is 0 Å². The van der Waals surface area contributed by atoms with E-state index in [2.05, 4.69) is 31.7 Å². The summed E-state index contributed by atoms with van der Waals surface area (Å²) in [6, 6.07) is 2.87. The Morgan fingerprint density at radius 3 is 2.10 bits per heavy atom. The first-order valence-corrected chi connectivity index (χ1v) is 8.05. The van der Waals surface area contributed by atoms with Crippen molar-refractivity contribution < 1.29 is 9.47 Å². The molecule has 0 saturated heterocycles. The highest BCUT2D eigenvalue weighted by atomic mass is 16.5. The Bertz CT molecular complexity index is 325. The van der Waals surface area contributed by atoms with Crippen molar-refractivity contribution in [3.8, 4) is 6.07 Å². The van der Waals surface area contributed by atoms with Crippen LogP contribution < -0.4 is 0 Å². The van der Waals surface area contributed by atoms with Gasteiger partial charge in [-0.2, -0.15) is 5.26 Å². The van der Waals surface area contributed by atoms with Crippen LogP contribution in [0.2, 0.25) is 0 Å². The zero-order valence-corrected chi connectivity index (χ0v) is 14.4. The lowest BCUT2D eigenvalue weighted by Gasteiger charge is -2.44. The number of nitrogens with zero attached hydrogens (tertiary/aromatic N) is 2. The maximum Gasteiger partial charge on any atom is 0.0672 e. The molecule has 3 atom stereocenters. The van der Waals surface area contributed by atoms with Gasteiger partial charge in [-0.1, -0.05) is 20.8 Å². The van der Waals surface area contributed by atoms with Gasteiger partial charge in [0.15, 0.2) is 0 Å². The van der Waals surface area contributed by atoms with E-state index >= 15 is 0 Å². The molecule has 0 heterocycles. The minimum atomic E-state index is 0.136. The molecule has 0 aromatic heterocycles. The predicted molar refractivity (Wildman–Crippen MR) is 85.0 cm³/mol. The number of hydrogen-bond donors (Lipinski definition) is 0. The van der Waals surface area contributed by atoms with Gasteiger partial charge in [-0.25, -0.2) is 0 Å². The molecule has 1 saturated carbocycles. The van der Waals surface area contributed by atoms with Crippen LogP contribution in [0.3, 0.4) is 0 Å². The Hall–Kier alpha value is -0.630. The van der Waals surface area contributed by atoms with Gasteiger partial charge in [0.05, 0.1) is 25.2 Å². The number of methoxy groups -OCH3 is 2. The smallest absolute Gasteiger partial charge is 0.0672 e. The maximum atomic E-state index is 9.51. The van der Waals surface area contributed by atoms with Crippen molar-refractivity contribution >= 4 is 0 Å². The average molecular weight is 296 g/mol. The molecule has 3 unspecified atom stereocenters. The van der Waals surface area contributed by atoms with Crippen LogP contribution in [0, 0.1) is 28.6 Å². The van der Waals surface area contributed by atoms with Crippen molar-refractivity contribution in [1.29, 1.82) is 5.26 Å². The highest BCUT2D eigenvalue weighted by Crippen LogP contribution is 2.41. The van der Waals surface area contributed by atoms with Crippen molar-refractivity contribution in [2.75, 3.05) is 40.5 Å². The van der Waals surface area contributed by atoms with E-state index in [0.29, 0.717) is 30.6 Å². The highest BCUT2D eigenvalue weighted by Gasteiger charge is 2.38. The standard InChI is InChI=1S/C17H32N2O2/c1-17(2,3)15-7-6-14(13-18)16(12-15)19(8-10-20-4)9-11-21-5/h14-16H,6-12H2,1-5H3. The number of hydrogen-bond acceptors (Lipinski definition) is 4. The largest absolute Gasteiger partial charge is 0.383 e. The Labute approximate surface area is 130 Å².